The molecule has 0 bridgehead atoms. The summed E-state index contributed by atoms with van der Waals surface area (Å²) < 4.78 is 27.9. The zero-order valence-corrected chi connectivity index (χ0v) is 16.0. The topological polar surface area (TPSA) is 63.2 Å². The largest absolute Gasteiger partial charge is 0.295 e. The molecule has 0 aliphatic heterocycles. The van der Waals surface area contributed by atoms with E-state index in [0.717, 1.165) is 5.56 Å². The Labute approximate surface area is 157 Å². The molecule has 0 spiro atoms. The molecule has 132 valence electrons. The monoisotopic (exact) mass is 397 g/mol. The summed E-state index contributed by atoms with van der Waals surface area (Å²) in [7, 11) is -3.90. The van der Waals surface area contributed by atoms with Crippen molar-refractivity contribution in [3.05, 3.63) is 75.8 Å². The van der Waals surface area contributed by atoms with Crippen LogP contribution in [0.25, 0.3) is 0 Å². The molecule has 0 amide bonds. The average molecular weight is 398 g/mol. The molecule has 4 nitrogen and oxygen atoms in total. The summed E-state index contributed by atoms with van der Waals surface area (Å²) in [6, 6.07) is 10.2. The number of hydrogen-bond donors (Lipinski definition) is 1. The third-order valence-corrected chi connectivity index (χ3v) is 5.97. The molecule has 2 aromatic carbocycles. The van der Waals surface area contributed by atoms with Crippen molar-refractivity contribution in [3.63, 3.8) is 0 Å². The number of sulfonamides is 1. The maximum absolute atomic E-state index is 12.7. The van der Waals surface area contributed by atoms with E-state index < -0.39 is 16.1 Å². The smallest absolute Gasteiger partial charge is 0.241 e. The zero-order valence-electron chi connectivity index (χ0n) is 13.7. The molecule has 1 atom stereocenters. The number of rotatable bonds is 6. The Morgan fingerprint density at radius 2 is 1.72 bits per heavy atom. The van der Waals surface area contributed by atoms with Gasteiger partial charge in [0.05, 0.1) is 21.0 Å². The Morgan fingerprint density at radius 3 is 2.28 bits per heavy atom. The molecule has 2 aromatic rings. The van der Waals surface area contributed by atoms with Crippen LogP contribution >= 0.6 is 23.2 Å². The van der Waals surface area contributed by atoms with Crippen LogP contribution in [0.1, 0.15) is 24.1 Å². The number of carbonyl (C=O) groups excluding carboxylic acids is 1. The van der Waals surface area contributed by atoms with Crippen LogP contribution in [0, 0.1) is 6.92 Å². The van der Waals surface area contributed by atoms with Crippen molar-refractivity contribution in [2.75, 3.05) is 0 Å². The summed E-state index contributed by atoms with van der Waals surface area (Å²) in [5.74, 6) is -0.354. The highest BCUT2D eigenvalue weighted by atomic mass is 35.5. The van der Waals surface area contributed by atoms with Crippen LogP contribution in [0.15, 0.2) is 59.5 Å². The van der Waals surface area contributed by atoms with E-state index in [2.05, 4.69) is 11.3 Å². The van der Waals surface area contributed by atoms with Gasteiger partial charge in [-0.05, 0) is 37.6 Å². The zero-order chi connectivity index (χ0) is 18.8. The van der Waals surface area contributed by atoms with E-state index in [1.807, 2.05) is 6.92 Å². The SMILES string of the molecule is C=C(C(C)=O)C(NS(=O)(=O)c1ccc(C)cc1)c1cccc(Cl)c1Cl. The summed E-state index contributed by atoms with van der Waals surface area (Å²) >= 11 is 12.2. The van der Waals surface area contributed by atoms with Crippen molar-refractivity contribution in [1.82, 2.24) is 4.72 Å². The fourth-order valence-electron chi connectivity index (χ4n) is 2.21. The molecule has 25 heavy (non-hydrogen) atoms. The lowest BCUT2D eigenvalue weighted by Gasteiger charge is -2.21. The van der Waals surface area contributed by atoms with E-state index in [4.69, 9.17) is 23.2 Å². The summed E-state index contributed by atoms with van der Waals surface area (Å²) in [5.41, 5.74) is 1.37. The number of nitrogens with one attached hydrogen (secondary N) is 1. The van der Waals surface area contributed by atoms with Gasteiger partial charge in [-0.3, -0.25) is 4.79 Å². The van der Waals surface area contributed by atoms with Crippen molar-refractivity contribution in [3.8, 4) is 0 Å². The lowest BCUT2D eigenvalue weighted by molar-refractivity contribution is -0.113. The number of Topliss-reactive ketones (excluding diaryl/α,β-unsaturated/α-hetero) is 1. The van der Waals surface area contributed by atoms with Crippen LogP contribution in [0.3, 0.4) is 0 Å². The summed E-state index contributed by atoms with van der Waals surface area (Å²) in [6.45, 7) is 6.89. The van der Waals surface area contributed by atoms with E-state index in [-0.39, 0.29) is 26.3 Å². The second kappa shape index (κ2) is 7.70. The number of hydrogen-bond acceptors (Lipinski definition) is 3. The summed E-state index contributed by atoms with van der Waals surface area (Å²) in [6.07, 6.45) is 0. The highest BCUT2D eigenvalue weighted by Crippen LogP contribution is 2.34. The van der Waals surface area contributed by atoms with E-state index >= 15 is 0 Å². The normalized spacial score (nSPS) is 12.6. The molecule has 0 aromatic heterocycles. The minimum absolute atomic E-state index is 0.0693. The molecule has 0 aliphatic carbocycles. The first-order valence-corrected chi connectivity index (χ1v) is 9.60. The minimum Gasteiger partial charge on any atom is -0.295 e. The van der Waals surface area contributed by atoms with E-state index in [9.17, 15) is 13.2 Å². The van der Waals surface area contributed by atoms with Crippen LogP contribution in [-0.2, 0) is 14.8 Å². The first kappa shape index (κ1) is 19.7. The Kier molecular flexibility index (Phi) is 6.06. The second-order valence-electron chi connectivity index (χ2n) is 5.59. The molecule has 0 radical (unpaired) electrons. The van der Waals surface area contributed by atoms with Gasteiger partial charge in [0.2, 0.25) is 10.0 Å². The number of aryl methyl sites for hydroxylation is 1. The van der Waals surface area contributed by atoms with Gasteiger partial charge >= 0.3 is 0 Å². The lowest BCUT2D eigenvalue weighted by Crippen LogP contribution is -2.31. The van der Waals surface area contributed by atoms with Crippen molar-refractivity contribution >= 4 is 39.0 Å². The highest BCUT2D eigenvalue weighted by molar-refractivity contribution is 7.89. The lowest BCUT2D eigenvalue weighted by atomic mass is 9.98. The van der Waals surface area contributed by atoms with Gasteiger partial charge in [-0.15, -0.1) is 0 Å². The molecule has 0 heterocycles. The van der Waals surface area contributed by atoms with Gasteiger partial charge in [-0.2, -0.15) is 4.72 Å². The summed E-state index contributed by atoms with van der Waals surface area (Å²) in [4.78, 5) is 11.9. The second-order valence-corrected chi connectivity index (χ2v) is 8.09. The van der Waals surface area contributed by atoms with Crippen molar-refractivity contribution < 1.29 is 13.2 Å². The average Bonchev–Trinajstić information content (AvgIpc) is 2.55. The Hall–Kier alpha value is -1.66. The molecular weight excluding hydrogens is 381 g/mol. The van der Waals surface area contributed by atoms with Gasteiger partial charge in [0.25, 0.3) is 0 Å². The fourth-order valence-corrected chi connectivity index (χ4v) is 3.84. The Balaban J connectivity index is 2.50. The first-order chi connectivity index (χ1) is 11.6. The molecule has 0 fully saturated rings. The van der Waals surface area contributed by atoms with Gasteiger partial charge in [-0.1, -0.05) is 59.6 Å². The number of benzene rings is 2. The maximum atomic E-state index is 12.7. The number of halogens is 2. The Morgan fingerprint density at radius 1 is 1.12 bits per heavy atom. The maximum Gasteiger partial charge on any atom is 0.241 e. The third-order valence-electron chi connectivity index (χ3n) is 3.70. The quantitative estimate of drug-likeness (QED) is 0.731. The molecule has 2 rings (SSSR count). The third kappa shape index (κ3) is 4.50. The molecule has 0 saturated heterocycles. The number of ketones is 1. The van der Waals surface area contributed by atoms with Gasteiger partial charge in [0, 0.05) is 5.57 Å². The van der Waals surface area contributed by atoms with Gasteiger partial charge in [-0.25, -0.2) is 8.42 Å². The Bertz CT molecular complexity index is 922. The number of carbonyl (C=O) groups is 1. The fraction of sp³-hybridized carbons (Fsp3) is 0.167. The van der Waals surface area contributed by atoms with E-state index in [1.54, 1.807) is 30.3 Å². The van der Waals surface area contributed by atoms with E-state index in [0.29, 0.717) is 5.56 Å². The summed E-state index contributed by atoms with van der Waals surface area (Å²) in [5, 5.41) is 0.429. The van der Waals surface area contributed by atoms with Crippen LogP contribution < -0.4 is 4.72 Å². The predicted molar refractivity (Wildman–Crippen MR) is 101 cm³/mol. The van der Waals surface area contributed by atoms with Crippen LogP contribution in [0.2, 0.25) is 10.0 Å². The van der Waals surface area contributed by atoms with Crippen molar-refractivity contribution in [2.24, 2.45) is 0 Å². The highest BCUT2D eigenvalue weighted by Gasteiger charge is 2.27. The molecule has 1 unspecified atom stereocenters. The molecule has 0 saturated carbocycles. The molecule has 1 N–H and O–H groups in total. The molecule has 0 aliphatic rings. The van der Waals surface area contributed by atoms with Crippen LogP contribution in [0.4, 0.5) is 0 Å². The van der Waals surface area contributed by atoms with Gasteiger partial charge in [0.1, 0.15) is 0 Å². The standard InChI is InChI=1S/C18H17Cl2NO3S/c1-11-7-9-14(10-8-11)25(23,24)21-18(12(2)13(3)22)15-5-4-6-16(19)17(15)20/h4-10,18,21H,2H2,1,3H3. The van der Waals surface area contributed by atoms with Crippen molar-refractivity contribution in [1.29, 1.82) is 0 Å². The minimum atomic E-state index is -3.90. The van der Waals surface area contributed by atoms with Gasteiger partial charge < -0.3 is 0 Å². The predicted octanol–water partition coefficient (Wildman–Crippen LogP) is 4.47. The first-order valence-electron chi connectivity index (χ1n) is 7.36. The van der Waals surface area contributed by atoms with E-state index in [1.165, 1.54) is 19.1 Å². The van der Waals surface area contributed by atoms with Crippen LogP contribution in [0.5, 0.6) is 0 Å². The molecular formula is C18H17Cl2NO3S. The molecule has 7 heteroatoms. The van der Waals surface area contributed by atoms with Crippen LogP contribution in [-0.4, -0.2) is 14.2 Å². The van der Waals surface area contributed by atoms with Gasteiger partial charge in [0.15, 0.2) is 5.78 Å². The van der Waals surface area contributed by atoms with Crippen molar-refractivity contribution in [2.45, 2.75) is 24.8 Å².